The number of aromatic nitrogens is 3. The molecule has 0 aliphatic rings. The summed E-state index contributed by atoms with van der Waals surface area (Å²) in [6, 6.07) is 10.0. The van der Waals surface area contributed by atoms with Gasteiger partial charge in [0.2, 0.25) is 0 Å². The fourth-order valence-corrected chi connectivity index (χ4v) is 2.16. The van der Waals surface area contributed by atoms with Crippen LogP contribution in [0.2, 0.25) is 0 Å². The average molecular weight is 321 g/mol. The van der Waals surface area contributed by atoms with Gasteiger partial charge in [0.05, 0.1) is 5.56 Å². The SMILES string of the molecule is CC(=O)c1ccc(C(=O)OCc2ccnc(-n3ccnc3)c2)cc1. The van der Waals surface area contributed by atoms with Crippen molar-refractivity contribution >= 4 is 11.8 Å². The van der Waals surface area contributed by atoms with Crippen molar-refractivity contribution in [2.75, 3.05) is 0 Å². The summed E-state index contributed by atoms with van der Waals surface area (Å²) in [6.07, 6.45) is 6.75. The van der Waals surface area contributed by atoms with Crippen LogP contribution in [0.25, 0.3) is 5.82 Å². The highest BCUT2D eigenvalue weighted by Crippen LogP contribution is 2.11. The highest BCUT2D eigenvalue weighted by atomic mass is 16.5. The molecule has 0 atom stereocenters. The summed E-state index contributed by atoms with van der Waals surface area (Å²) in [7, 11) is 0. The maximum Gasteiger partial charge on any atom is 0.338 e. The maximum absolute atomic E-state index is 12.1. The third-order valence-electron chi connectivity index (χ3n) is 3.48. The van der Waals surface area contributed by atoms with Gasteiger partial charge in [-0.15, -0.1) is 0 Å². The van der Waals surface area contributed by atoms with Crippen molar-refractivity contribution in [1.82, 2.24) is 14.5 Å². The molecular formula is C18H15N3O3. The van der Waals surface area contributed by atoms with Crippen molar-refractivity contribution in [2.45, 2.75) is 13.5 Å². The molecule has 0 N–H and O–H groups in total. The van der Waals surface area contributed by atoms with Crippen LogP contribution in [0.3, 0.4) is 0 Å². The Labute approximate surface area is 138 Å². The summed E-state index contributed by atoms with van der Waals surface area (Å²) in [5.74, 6) is 0.219. The smallest absolute Gasteiger partial charge is 0.338 e. The minimum absolute atomic E-state index is 0.0428. The van der Waals surface area contributed by atoms with E-state index in [1.807, 2.05) is 6.07 Å². The molecule has 2 aromatic heterocycles. The van der Waals surface area contributed by atoms with Crippen LogP contribution >= 0.6 is 0 Å². The van der Waals surface area contributed by atoms with E-state index in [2.05, 4.69) is 9.97 Å². The molecule has 24 heavy (non-hydrogen) atoms. The Kier molecular flexibility index (Phi) is 4.47. The van der Waals surface area contributed by atoms with Gasteiger partial charge in [-0.25, -0.2) is 14.8 Å². The predicted molar refractivity (Wildman–Crippen MR) is 86.9 cm³/mol. The summed E-state index contributed by atoms with van der Waals surface area (Å²) in [4.78, 5) is 31.5. The van der Waals surface area contributed by atoms with Gasteiger partial charge in [-0.1, -0.05) is 12.1 Å². The minimum atomic E-state index is -0.439. The van der Waals surface area contributed by atoms with Gasteiger partial charge in [0.1, 0.15) is 18.8 Å². The molecule has 120 valence electrons. The van der Waals surface area contributed by atoms with Gasteiger partial charge in [0, 0.05) is 24.2 Å². The van der Waals surface area contributed by atoms with Crippen LogP contribution in [0.1, 0.15) is 33.2 Å². The first-order valence-corrected chi connectivity index (χ1v) is 7.35. The van der Waals surface area contributed by atoms with Crippen LogP contribution < -0.4 is 0 Å². The van der Waals surface area contributed by atoms with Gasteiger partial charge in [0.25, 0.3) is 0 Å². The summed E-state index contributed by atoms with van der Waals surface area (Å²) < 4.78 is 7.08. The lowest BCUT2D eigenvalue weighted by Crippen LogP contribution is -2.06. The maximum atomic E-state index is 12.1. The molecule has 0 saturated heterocycles. The van der Waals surface area contributed by atoms with Crippen molar-refractivity contribution in [2.24, 2.45) is 0 Å². The average Bonchev–Trinajstić information content (AvgIpc) is 3.15. The predicted octanol–water partition coefficient (Wildman–Crippen LogP) is 2.83. The lowest BCUT2D eigenvalue weighted by molar-refractivity contribution is 0.0472. The van der Waals surface area contributed by atoms with Crippen molar-refractivity contribution < 1.29 is 14.3 Å². The first-order valence-electron chi connectivity index (χ1n) is 7.35. The number of imidazole rings is 1. The van der Waals surface area contributed by atoms with E-state index in [0.717, 1.165) is 5.56 Å². The molecular weight excluding hydrogens is 306 g/mol. The van der Waals surface area contributed by atoms with Gasteiger partial charge >= 0.3 is 5.97 Å². The zero-order valence-corrected chi connectivity index (χ0v) is 13.0. The Morgan fingerprint density at radius 3 is 2.50 bits per heavy atom. The van der Waals surface area contributed by atoms with E-state index in [4.69, 9.17) is 4.74 Å². The molecule has 0 spiro atoms. The molecule has 0 aliphatic heterocycles. The Morgan fingerprint density at radius 2 is 1.83 bits per heavy atom. The summed E-state index contributed by atoms with van der Waals surface area (Å²) >= 11 is 0. The van der Waals surface area contributed by atoms with Crippen molar-refractivity contribution in [3.63, 3.8) is 0 Å². The number of nitrogens with zero attached hydrogens (tertiary/aromatic N) is 3. The largest absolute Gasteiger partial charge is 0.457 e. The molecule has 3 aromatic rings. The molecule has 0 unspecified atom stereocenters. The fraction of sp³-hybridized carbons (Fsp3) is 0.111. The second kappa shape index (κ2) is 6.87. The number of pyridine rings is 1. The second-order valence-corrected chi connectivity index (χ2v) is 5.20. The first kappa shape index (κ1) is 15.6. The molecule has 0 saturated carbocycles. The van der Waals surface area contributed by atoms with Gasteiger partial charge in [-0.2, -0.15) is 0 Å². The molecule has 0 fully saturated rings. The molecule has 6 nitrogen and oxygen atoms in total. The zero-order chi connectivity index (χ0) is 16.9. The highest BCUT2D eigenvalue weighted by Gasteiger charge is 2.09. The number of hydrogen-bond donors (Lipinski definition) is 0. The number of hydrogen-bond acceptors (Lipinski definition) is 5. The molecule has 0 amide bonds. The number of rotatable bonds is 5. The number of carbonyl (C=O) groups is 2. The molecule has 3 rings (SSSR count). The van der Waals surface area contributed by atoms with E-state index in [1.165, 1.54) is 6.92 Å². The van der Waals surface area contributed by atoms with E-state index >= 15 is 0 Å². The first-order chi connectivity index (χ1) is 11.6. The van der Waals surface area contributed by atoms with Crippen molar-refractivity contribution in [3.05, 3.63) is 78.0 Å². The standard InChI is InChI=1S/C18H15N3O3/c1-13(22)15-2-4-16(5-3-15)18(23)24-11-14-6-7-20-17(10-14)21-9-8-19-12-21/h2-10,12H,11H2,1H3. The Bertz CT molecular complexity index is 855. The van der Waals surface area contributed by atoms with E-state index in [0.29, 0.717) is 16.9 Å². The number of esters is 1. The Morgan fingerprint density at radius 1 is 1.08 bits per heavy atom. The number of ketones is 1. The fourth-order valence-electron chi connectivity index (χ4n) is 2.16. The molecule has 2 heterocycles. The molecule has 0 aliphatic carbocycles. The van der Waals surface area contributed by atoms with Crippen LogP contribution in [0.15, 0.2) is 61.3 Å². The van der Waals surface area contributed by atoms with E-state index in [9.17, 15) is 9.59 Å². The lowest BCUT2D eigenvalue weighted by Gasteiger charge is -2.07. The van der Waals surface area contributed by atoms with Crippen molar-refractivity contribution in [3.8, 4) is 5.82 Å². The minimum Gasteiger partial charge on any atom is -0.457 e. The van der Waals surface area contributed by atoms with E-state index in [-0.39, 0.29) is 12.4 Å². The monoisotopic (exact) mass is 321 g/mol. The molecule has 1 aromatic carbocycles. The second-order valence-electron chi connectivity index (χ2n) is 5.20. The molecule has 0 bridgehead atoms. The summed E-state index contributed by atoms with van der Waals surface area (Å²) in [5.41, 5.74) is 1.79. The number of carbonyl (C=O) groups excluding carboxylic acids is 2. The van der Waals surface area contributed by atoms with E-state index in [1.54, 1.807) is 59.8 Å². The number of Topliss-reactive ketones (excluding diaryl/α,β-unsaturated/α-hetero) is 1. The number of benzene rings is 1. The lowest BCUT2D eigenvalue weighted by atomic mass is 10.1. The van der Waals surface area contributed by atoms with Gasteiger partial charge in [-0.05, 0) is 36.8 Å². The third kappa shape index (κ3) is 3.55. The van der Waals surface area contributed by atoms with Crippen molar-refractivity contribution in [1.29, 1.82) is 0 Å². The zero-order valence-electron chi connectivity index (χ0n) is 13.0. The van der Waals surface area contributed by atoms with Gasteiger partial charge in [-0.3, -0.25) is 9.36 Å². The topological polar surface area (TPSA) is 74.1 Å². The van der Waals surface area contributed by atoms with Crippen LogP contribution in [-0.2, 0) is 11.3 Å². The molecule has 0 radical (unpaired) electrons. The third-order valence-corrected chi connectivity index (χ3v) is 3.48. The quantitative estimate of drug-likeness (QED) is 0.533. The molecule has 6 heteroatoms. The highest BCUT2D eigenvalue weighted by molar-refractivity contribution is 5.96. The van der Waals surface area contributed by atoms with Gasteiger partial charge in [0.15, 0.2) is 5.78 Å². The van der Waals surface area contributed by atoms with Crippen LogP contribution in [0.5, 0.6) is 0 Å². The van der Waals surface area contributed by atoms with Crippen LogP contribution in [0, 0.1) is 0 Å². The Balaban J connectivity index is 1.66. The van der Waals surface area contributed by atoms with Gasteiger partial charge < -0.3 is 4.74 Å². The number of ether oxygens (including phenoxy) is 1. The van der Waals surface area contributed by atoms with Crippen LogP contribution in [0.4, 0.5) is 0 Å². The summed E-state index contributed by atoms with van der Waals surface area (Å²) in [6.45, 7) is 1.62. The normalized spacial score (nSPS) is 10.4. The van der Waals surface area contributed by atoms with E-state index < -0.39 is 5.97 Å². The Hall–Kier alpha value is -3.28. The summed E-state index contributed by atoms with van der Waals surface area (Å²) in [5, 5.41) is 0. The van der Waals surface area contributed by atoms with Crippen LogP contribution in [-0.4, -0.2) is 26.3 Å².